The molecule has 1 aromatic rings. The van der Waals surface area contributed by atoms with Crippen molar-refractivity contribution in [3.8, 4) is 11.5 Å². The topological polar surface area (TPSA) is 71.6 Å². The number of benzene rings is 1. The molecule has 0 heterocycles. The van der Waals surface area contributed by atoms with Gasteiger partial charge in [-0.25, -0.2) is 0 Å². The van der Waals surface area contributed by atoms with E-state index in [-0.39, 0.29) is 28.2 Å². The van der Waals surface area contributed by atoms with Crippen LogP contribution in [0.4, 0.5) is 8.78 Å². The average Bonchev–Trinajstić information content (AvgIpc) is 2.50. The number of ether oxygens (including phenoxy) is 2. The van der Waals surface area contributed by atoms with Gasteiger partial charge in [-0.2, -0.15) is 8.78 Å². The van der Waals surface area contributed by atoms with Crippen LogP contribution in [-0.2, 0) is 4.79 Å². The van der Waals surface area contributed by atoms with Crippen molar-refractivity contribution < 1.29 is 23.0 Å². The molecule has 0 fully saturated rings. The van der Waals surface area contributed by atoms with Crippen molar-refractivity contribution in [2.24, 2.45) is 0 Å². The Morgan fingerprint density at radius 3 is 2.58 bits per heavy atom. The highest BCUT2D eigenvalue weighted by Crippen LogP contribution is 2.33. The van der Waals surface area contributed by atoms with Crippen LogP contribution in [0.25, 0.3) is 6.08 Å². The van der Waals surface area contributed by atoms with Gasteiger partial charge in [0.1, 0.15) is 0 Å². The minimum absolute atomic E-state index is 0.114. The molecular weight excluding hydrogens is 340 g/mol. The summed E-state index contributed by atoms with van der Waals surface area (Å²) in [4.78, 5) is 11.7. The third-order valence-electron chi connectivity index (χ3n) is 2.57. The number of amides is 1. The second kappa shape index (κ2) is 9.66. The van der Waals surface area contributed by atoms with Crippen LogP contribution < -0.4 is 25.6 Å². The van der Waals surface area contributed by atoms with Crippen LogP contribution in [0.5, 0.6) is 11.5 Å². The zero-order valence-electron chi connectivity index (χ0n) is 13.4. The van der Waals surface area contributed by atoms with Gasteiger partial charge < -0.3 is 14.8 Å². The van der Waals surface area contributed by atoms with E-state index in [9.17, 15) is 13.6 Å². The number of nitrogens with one attached hydrogen (secondary N) is 3. The van der Waals surface area contributed by atoms with Gasteiger partial charge in [-0.3, -0.25) is 15.6 Å². The lowest BCUT2D eigenvalue weighted by molar-refractivity contribution is -0.116. The maximum atomic E-state index is 12.5. The van der Waals surface area contributed by atoms with Gasteiger partial charge in [-0.1, -0.05) is 12.1 Å². The van der Waals surface area contributed by atoms with Crippen LogP contribution in [0.3, 0.4) is 0 Å². The van der Waals surface area contributed by atoms with Crippen molar-refractivity contribution in [1.29, 1.82) is 0 Å². The van der Waals surface area contributed by atoms with Crippen LogP contribution in [-0.4, -0.2) is 30.8 Å². The zero-order valence-corrected chi connectivity index (χ0v) is 14.2. The second-order valence-electron chi connectivity index (χ2n) is 4.83. The molecule has 3 N–H and O–H groups in total. The molecule has 1 rings (SSSR count). The summed E-state index contributed by atoms with van der Waals surface area (Å²) in [6.07, 6.45) is 2.48. The smallest absolute Gasteiger partial charge is 0.387 e. The molecule has 24 heavy (non-hydrogen) atoms. The van der Waals surface area contributed by atoms with Crippen LogP contribution in [0.2, 0.25) is 0 Å². The number of hydrazine groups is 1. The van der Waals surface area contributed by atoms with Gasteiger partial charge >= 0.3 is 6.61 Å². The van der Waals surface area contributed by atoms with Gasteiger partial charge in [-0.15, -0.1) is 0 Å². The van der Waals surface area contributed by atoms with Crippen LogP contribution >= 0.6 is 12.2 Å². The molecule has 6 nitrogen and oxygen atoms in total. The third kappa shape index (κ3) is 6.78. The number of hydrogen-bond donors (Lipinski definition) is 3. The summed E-state index contributed by atoms with van der Waals surface area (Å²) in [6.45, 7) is 0.773. The van der Waals surface area contributed by atoms with E-state index in [1.807, 2.05) is 13.8 Å². The Kier molecular flexibility index (Phi) is 7.90. The summed E-state index contributed by atoms with van der Waals surface area (Å²) in [5.41, 5.74) is 5.13. The molecule has 0 unspecified atom stereocenters. The molecule has 0 saturated carbocycles. The normalized spacial score (nSPS) is 10.8. The number of hydrogen-bond acceptors (Lipinski definition) is 4. The molecule has 0 atom stereocenters. The molecule has 0 saturated heterocycles. The van der Waals surface area contributed by atoms with E-state index in [1.165, 1.54) is 25.3 Å². The number of thiocarbonyl (C=S) groups is 1. The maximum Gasteiger partial charge on any atom is 0.387 e. The number of methoxy groups -OCH3 is 1. The first-order valence-electron chi connectivity index (χ1n) is 6.99. The lowest BCUT2D eigenvalue weighted by Gasteiger charge is -2.13. The van der Waals surface area contributed by atoms with E-state index in [0.29, 0.717) is 0 Å². The largest absolute Gasteiger partial charge is 0.493 e. The summed E-state index contributed by atoms with van der Waals surface area (Å²) in [7, 11) is 1.33. The minimum atomic E-state index is -3.01. The first-order chi connectivity index (χ1) is 11.3. The van der Waals surface area contributed by atoms with Crippen LogP contribution in [0.15, 0.2) is 24.3 Å². The summed E-state index contributed by atoms with van der Waals surface area (Å²) < 4.78 is 34.5. The standard InChI is InChI=1S/C15H19F2N3O3S/c1-9(2)18-15(24)20-19-12(21)8-7-10-5-4-6-11(22-3)13(10)23-14(16)17/h4-9,14H,1-3H3,(H,19,21)(H2,18,20,24)/b8-7+. The van der Waals surface area contributed by atoms with Crippen molar-refractivity contribution in [3.63, 3.8) is 0 Å². The van der Waals surface area contributed by atoms with Gasteiger partial charge in [0.2, 0.25) is 0 Å². The van der Waals surface area contributed by atoms with Gasteiger partial charge in [0.15, 0.2) is 16.6 Å². The summed E-state index contributed by atoms with van der Waals surface area (Å²) in [6, 6.07) is 4.70. The molecule has 0 aliphatic carbocycles. The van der Waals surface area contributed by atoms with Crippen molar-refractivity contribution >= 4 is 29.3 Å². The molecule has 9 heteroatoms. The zero-order chi connectivity index (χ0) is 18.1. The highest BCUT2D eigenvalue weighted by molar-refractivity contribution is 7.80. The van der Waals surface area contributed by atoms with Crippen molar-refractivity contribution in [2.75, 3.05) is 7.11 Å². The molecule has 0 spiro atoms. The fourth-order valence-corrected chi connectivity index (χ4v) is 1.95. The molecule has 0 bridgehead atoms. The van der Waals surface area contributed by atoms with E-state index in [4.69, 9.17) is 17.0 Å². The molecule has 1 amide bonds. The van der Waals surface area contributed by atoms with Crippen molar-refractivity contribution in [3.05, 3.63) is 29.8 Å². The van der Waals surface area contributed by atoms with Gasteiger partial charge in [-0.05, 0) is 38.2 Å². The number of rotatable bonds is 6. The predicted molar refractivity (Wildman–Crippen MR) is 90.8 cm³/mol. The number of carbonyl (C=O) groups is 1. The Bertz CT molecular complexity index is 610. The Morgan fingerprint density at radius 1 is 1.29 bits per heavy atom. The Hall–Kier alpha value is -2.42. The summed E-state index contributed by atoms with van der Waals surface area (Å²) in [5.74, 6) is -0.531. The first kappa shape index (κ1) is 19.6. The lowest BCUT2D eigenvalue weighted by atomic mass is 10.1. The quantitative estimate of drug-likeness (QED) is 0.411. The van der Waals surface area contributed by atoms with Gasteiger partial charge in [0.05, 0.1) is 7.11 Å². The molecule has 0 aliphatic rings. The van der Waals surface area contributed by atoms with Crippen molar-refractivity contribution in [1.82, 2.24) is 16.2 Å². The van der Waals surface area contributed by atoms with E-state index in [2.05, 4.69) is 20.9 Å². The van der Waals surface area contributed by atoms with E-state index < -0.39 is 12.5 Å². The van der Waals surface area contributed by atoms with E-state index >= 15 is 0 Å². The number of para-hydroxylation sites is 1. The number of carbonyl (C=O) groups excluding carboxylic acids is 1. The Morgan fingerprint density at radius 2 is 2.00 bits per heavy atom. The molecular formula is C15H19F2N3O3S. The van der Waals surface area contributed by atoms with Gasteiger partial charge in [0.25, 0.3) is 5.91 Å². The van der Waals surface area contributed by atoms with Crippen LogP contribution in [0.1, 0.15) is 19.4 Å². The fraction of sp³-hybridized carbons (Fsp3) is 0.333. The maximum absolute atomic E-state index is 12.5. The molecule has 0 aromatic heterocycles. The number of halogens is 2. The Balaban J connectivity index is 2.75. The second-order valence-corrected chi connectivity index (χ2v) is 5.24. The van der Waals surface area contributed by atoms with Crippen molar-refractivity contribution in [2.45, 2.75) is 26.5 Å². The summed E-state index contributed by atoms with van der Waals surface area (Å²) in [5, 5.41) is 3.14. The average molecular weight is 359 g/mol. The summed E-state index contributed by atoms with van der Waals surface area (Å²) >= 11 is 4.95. The fourth-order valence-electron chi connectivity index (χ4n) is 1.66. The molecule has 132 valence electrons. The highest BCUT2D eigenvalue weighted by atomic mass is 32.1. The predicted octanol–water partition coefficient (Wildman–Crippen LogP) is 2.21. The van der Waals surface area contributed by atoms with E-state index in [0.717, 1.165) is 6.08 Å². The monoisotopic (exact) mass is 359 g/mol. The SMILES string of the molecule is COc1cccc(/C=C/C(=O)NNC(=S)NC(C)C)c1OC(F)F. The lowest BCUT2D eigenvalue weighted by Crippen LogP contribution is -2.48. The third-order valence-corrected chi connectivity index (χ3v) is 2.79. The molecule has 0 radical (unpaired) electrons. The number of alkyl halides is 2. The van der Waals surface area contributed by atoms with Crippen LogP contribution in [0, 0.1) is 0 Å². The van der Waals surface area contributed by atoms with Gasteiger partial charge in [0, 0.05) is 17.7 Å². The highest BCUT2D eigenvalue weighted by Gasteiger charge is 2.14. The minimum Gasteiger partial charge on any atom is -0.493 e. The first-order valence-corrected chi connectivity index (χ1v) is 7.40. The van der Waals surface area contributed by atoms with E-state index in [1.54, 1.807) is 6.07 Å². The Labute approximate surface area is 144 Å². The molecule has 0 aliphatic heterocycles. The molecule has 1 aromatic carbocycles.